The molecular weight excluding hydrogens is 318 g/mol. The van der Waals surface area contributed by atoms with Gasteiger partial charge >= 0.3 is 0 Å². The highest BCUT2D eigenvalue weighted by Crippen LogP contribution is 2.29. The second kappa shape index (κ2) is 6.68. The van der Waals surface area contributed by atoms with E-state index in [0.29, 0.717) is 11.5 Å². The van der Waals surface area contributed by atoms with E-state index in [4.69, 9.17) is 4.74 Å². The van der Waals surface area contributed by atoms with Crippen molar-refractivity contribution in [1.29, 1.82) is 0 Å². The van der Waals surface area contributed by atoms with E-state index in [9.17, 15) is 4.79 Å². The number of aryl methyl sites for hydroxylation is 1. The summed E-state index contributed by atoms with van der Waals surface area (Å²) in [7, 11) is 1.96. The molecule has 0 aromatic carbocycles. The SMILES string of the molecule is Cn1ccnc1C(NC(=O)c1ccc2nccn2c1)C1CCOCC1. The molecule has 130 valence electrons. The van der Waals surface area contributed by atoms with E-state index in [1.54, 1.807) is 24.7 Å². The number of aromatic nitrogens is 4. The number of fused-ring (bicyclic) bond motifs is 1. The second-order valence-electron chi connectivity index (χ2n) is 6.41. The third-order valence-corrected chi connectivity index (χ3v) is 4.81. The smallest absolute Gasteiger partial charge is 0.253 e. The molecule has 1 unspecified atom stereocenters. The molecule has 7 nitrogen and oxygen atoms in total. The number of nitrogens with zero attached hydrogens (tertiary/aromatic N) is 4. The van der Waals surface area contributed by atoms with Crippen molar-refractivity contribution in [1.82, 2.24) is 24.3 Å². The molecule has 0 spiro atoms. The van der Waals surface area contributed by atoms with Crippen LogP contribution in [0, 0.1) is 5.92 Å². The Morgan fingerprint density at radius 2 is 2.04 bits per heavy atom. The van der Waals surface area contributed by atoms with E-state index in [1.807, 2.05) is 34.5 Å². The molecule has 3 aromatic rings. The number of amides is 1. The van der Waals surface area contributed by atoms with E-state index >= 15 is 0 Å². The van der Waals surface area contributed by atoms with Crippen molar-refractivity contribution >= 4 is 11.6 Å². The van der Waals surface area contributed by atoms with Crippen molar-refractivity contribution in [3.05, 3.63) is 54.5 Å². The Balaban J connectivity index is 1.60. The van der Waals surface area contributed by atoms with Crippen LogP contribution < -0.4 is 5.32 Å². The maximum absolute atomic E-state index is 12.9. The first-order chi connectivity index (χ1) is 12.2. The molecular formula is C18H21N5O2. The van der Waals surface area contributed by atoms with Gasteiger partial charge in [0.05, 0.1) is 11.6 Å². The van der Waals surface area contributed by atoms with Crippen LogP contribution in [-0.4, -0.2) is 38.1 Å². The third-order valence-electron chi connectivity index (χ3n) is 4.81. The Labute approximate surface area is 145 Å². The quantitative estimate of drug-likeness (QED) is 0.789. The fourth-order valence-corrected chi connectivity index (χ4v) is 3.40. The lowest BCUT2D eigenvalue weighted by atomic mass is 9.91. The molecule has 7 heteroatoms. The normalized spacial score (nSPS) is 16.8. The molecule has 1 amide bonds. The van der Waals surface area contributed by atoms with E-state index in [-0.39, 0.29) is 11.9 Å². The van der Waals surface area contributed by atoms with Crippen LogP contribution in [0.25, 0.3) is 5.65 Å². The zero-order valence-electron chi connectivity index (χ0n) is 14.1. The van der Waals surface area contributed by atoms with Crippen LogP contribution in [0.3, 0.4) is 0 Å². The predicted octanol–water partition coefficient (Wildman–Crippen LogP) is 1.97. The van der Waals surface area contributed by atoms with Crippen LogP contribution in [0.15, 0.2) is 43.1 Å². The van der Waals surface area contributed by atoms with Crippen molar-refractivity contribution in [2.24, 2.45) is 13.0 Å². The molecule has 1 saturated heterocycles. The van der Waals surface area contributed by atoms with Gasteiger partial charge in [0.15, 0.2) is 0 Å². The van der Waals surface area contributed by atoms with Gasteiger partial charge in [0.2, 0.25) is 0 Å². The van der Waals surface area contributed by atoms with Crippen molar-refractivity contribution in [2.45, 2.75) is 18.9 Å². The Morgan fingerprint density at radius 3 is 2.80 bits per heavy atom. The number of carbonyl (C=O) groups is 1. The summed E-state index contributed by atoms with van der Waals surface area (Å²) in [5.74, 6) is 1.09. The lowest BCUT2D eigenvalue weighted by molar-refractivity contribution is 0.0499. The minimum atomic E-state index is -0.130. The van der Waals surface area contributed by atoms with Crippen molar-refractivity contribution in [2.75, 3.05) is 13.2 Å². The standard InChI is InChI=1S/C18H21N5O2/c1-22-8-6-20-17(22)16(13-4-10-25-11-5-13)21-18(24)14-2-3-15-19-7-9-23(15)12-14/h2-3,6-9,12-13,16H,4-5,10-11H2,1H3,(H,21,24). The maximum atomic E-state index is 12.9. The Hall–Kier alpha value is -2.67. The summed E-state index contributed by atoms with van der Waals surface area (Å²) in [5, 5.41) is 3.19. The van der Waals surface area contributed by atoms with Crippen LogP contribution in [-0.2, 0) is 11.8 Å². The fraction of sp³-hybridized carbons (Fsp3) is 0.389. The van der Waals surface area contributed by atoms with E-state index in [0.717, 1.165) is 37.5 Å². The average molecular weight is 339 g/mol. The highest BCUT2D eigenvalue weighted by Gasteiger charge is 2.30. The molecule has 0 aliphatic carbocycles. The van der Waals surface area contributed by atoms with E-state index in [2.05, 4.69) is 15.3 Å². The minimum Gasteiger partial charge on any atom is -0.381 e. The fourth-order valence-electron chi connectivity index (χ4n) is 3.40. The second-order valence-corrected chi connectivity index (χ2v) is 6.41. The molecule has 1 aliphatic heterocycles. The van der Waals surface area contributed by atoms with Gasteiger partial charge in [-0.2, -0.15) is 0 Å². The van der Waals surface area contributed by atoms with Crippen LogP contribution in [0.4, 0.5) is 0 Å². The van der Waals surface area contributed by atoms with E-state index in [1.165, 1.54) is 0 Å². The third kappa shape index (κ3) is 3.15. The van der Waals surface area contributed by atoms with Crippen LogP contribution >= 0.6 is 0 Å². The lowest BCUT2D eigenvalue weighted by Crippen LogP contribution is -2.37. The number of pyridine rings is 1. The highest BCUT2D eigenvalue weighted by atomic mass is 16.5. The minimum absolute atomic E-state index is 0.102. The number of nitrogens with one attached hydrogen (secondary N) is 1. The van der Waals surface area contributed by atoms with Gasteiger partial charge in [-0.1, -0.05) is 0 Å². The lowest BCUT2D eigenvalue weighted by Gasteiger charge is -2.30. The number of hydrogen-bond acceptors (Lipinski definition) is 4. The molecule has 1 N–H and O–H groups in total. The molecule has 1 atom stereocenters. The molecule has 0 bridgehead atoms. The summed E-state index contributed by atoms with van der Waals surface area (Å²) in [6, 6.07) is 3.52. The Morgan fingerprint density at radius 1 is 1.24 bits per heavy atom. The first-order valence-corrected chi connectivity index (χ1v) is 8.51. The van der Waals surface area contributed by atoms with Crippen LogP contribution in [0.2, 0.25) is 0 Å². The number of rotatable bonds is 4. The molecule has 3 aromatic heterocycles. The van der Waals surface area contributed by atoms with E-state index < -0.39 is 0 Å². The first kappa shape index (κ1) is 15.8. The van der Waals surface area contributed by atoms with Gasteiger partial charge in [-0.3, -0.25) is 4.79 Å². The number of carbonyl (C=O) groups excluding carboxylic acids is 1. The monoisotopic (exact) mass is 339 g/mol. The molecule has 4 heterocycles. The topological polar surface area (TPSA) is 73.5 Å². The molecule has 25 heavy (non-hydrogen) atoms. The summed E-state index contributed by atoms with van der Waals surface area (Å²) in [6.07, 6.45) is 10.9. The average Bonchev–Trinajstić information content (AvgIpc) is 3.28. The van der Waals surface area contributed by atoms with Crippen molar-refractivity contribution < 1.29 is 9.53 Å². The van der Waals surface area contributed by atoms with Gasteiger partial charge in [0, 0.05) is 51.2 Å². The predicted molar refractivity (Wildman–Crippen MR) is 92.2 cm³/mol. The van der Waals surface area contributed by atoms with Crippen LogP contribution in [0.5, 0.6) is 0 Å². The van der Waals surface area contributed by atoms with Crippen molar-refractivity contribution in [3.8, 4) is 0 Å². The van der Waals surface area contributed by atoms with Crippen molar-refractivity contribution in [3.63, 3.8) is 0 Å². The summed E-state index contributed by atoms with van der Waals surface area (Å²) in [5.41, 5.74) is 1.43. The number of imidazole rings is 2. The molecule has 4 rings (SSSR count). The molecule has 1 aliphatic rings. The Kier molecular flexibility index (Phi) is 4.23. The van der Waals surface area contributed by atoms with Crippen LogP contribution in [0.1, 0.15) is 35.1 Å². The van der Waals surface area contributed by atoms with Gasteiger partial charge < -0.3 is 19.0 Å². The largest absolute Gasteiger partial charge is 0.381 e. The van der Waals surface area contributed by atoms with Gasteiger partial charge in [0.1, 0.15) is 11.5 Å². The highest BCUT2D eigenvalue weighted by molar-refractivity contribution is 5.94. The summed E-state index contributed by atoms with van der Waals surface area (Å²) in [6.45, 7) is 1.45. The Bertz CT molecular complexity index is 878. The van der Waals surface area contributed by atoms with Gasteiger partial charge in [-0.15, -0.1) is 0 Å². The molecule has 0 radical (unpaired) electrons. The van der Waals surface area contributed by atoms with Gasteiger partial charge in [-0.25, -0.2) is 9.97 Å². The summed E-state index contributed by atoms with van der Waals surface area (Å²) < 4.78 is 9.29. The number of ether oxygens (including phenoxy) is 1. The van der Waals surface area contributed by atoms with Gasteiger partial charge in [0.25, 0.3) is 5.91 Å². The number of hydrogen-bond donors (Lipinski definition) is 1. The summed E-state index contributed by atoms with van der Waals surface area (Å²) in [4.78, 5) is 21.5. The van der Waals surface area contributed by atoms with Gasteiger partial charge in [-0.05, 0) is 30.9 Å². The molecule has 1 fully saturated rings. The molecule has 0 saturated carbocycles. The first-order valence-electron chi connectivity index (χ1n) is 8.51. The summed E-state index contributed by atoms with van der Waals surface area (Å²) >= 11 is 0. The zero-order valence-corrected chi connectivity index (χ0v) is 14.1. The zero-order chi connectivity index (χ0) is 17.2. The maximum Gasteiger partial charge on any atom is 0.253 e.